The van der Waals surface area contributed by atoms with Gasteiger partial charge in [0, 0.05) is 20.0 Å². The van der Waals surface area contributed by atoms with Crippen LogP contribution in [-0.2, 0) is 23.2 Å². The van der Waals surface area contributed by atoms with Crippen molar-refractivity contribution in [3.05, 3.63) is 34.9 Å². The van der Waals surface area contributed by atoms with Gasteiger partial charge >= 0.3 is 0 Å². The minimum Gasteiger partial charge on any atom is -0.338 e. The Morgan fingerprint density at radius 2 is 2.06 bits per heavy atom. The second-order valence-corrected chi connectivity index (χ2v) is 5.91. The summed E-state index contributed by atoms with van der Waals surface area (Å²) in [6.07, 6.45) is 2.13. The van der Waals surface area contributed by atoms with Gasteiger partial charge < -0.3 is 4.90 Å². The van der Waals surface area contributed by atoms with Crippen molar-refractivity contribution in [3.8, 4) is 0 Å². The highest BCUT2D eigenvalue weighted by atomic mass is 16.2. The SMILES string of the molecule is CCC(C)(C)c1ccc2c(c1)CCN(C(C)=O)C2. The summed E-state index contributed by atoms with van der Waals surface area (Å²) in [7, 11) is 0. The molecule has 0 spiro atoms. The zero-order valence-electron chi connectivity index (χ0n) is 11.9. The number of rotatable bonds is 2. The van der Waals surface area contributed by atoms with Gasteiger partial charge in [0.2, 0.25) is 5.91 Å². The first-order chi connectivity index (χ1) is 8.44. The van der Waals surface area contributed by atoms with E-state index < -0.39 is 0 Å². The maximum absolute atomic E-state index is 11.4. The van der Waals surface area contributed by atoms with Gasteiger partial charge in [-0.3, -0.25) is 4.79 Å². The summed E-state index contributed by atoms with van der Waals surface area (Å²) in [6, 6.07) is 6.78. The van der Waals surface area contributed by atoms with Crippen LogP contribution in [0.25, 0.3) is 0 Å². The lowest BCUT2D eigenvalue weighted by atomic mass is 9.80. The van der Waals surface area contributed by atoms with Crippen molar-refractivity contribution >= 4 is 5.91 Å². The molecule has 18 heavy (non-hydrogen) atoms. The quantitative estimate of drug-likeness (QED) is 0.783. The highest BCUT2D eigenvalue weighted by molar-refractivity contribution is 5.73. The van der Waals surface area contributed by atoms with E-state index in [9.17, 15) is 4.79 Å². The number of carbonyl (C=O) groups excluding carboxylic acids is 1. The van der Waals surface area contributed by atoms with Gasteiger partial charge in [-0.1, -0.05) is 39.0 Å². The Bertz CT molecular complexity index is 462. The molecule has 98 valence electrons. The van der Waals surface area contributed by atoms with Gasteiger partial charge in [-0.2, -0.15) is 0 Å². The van der Waals surface area contributed by atoms with Gasteiger partial charge in [0.25, 0.3) is 0 Å². The molecule has 0 aromatic heterocycles. The monoisotopic (exact) mass is 245 g/mol. The summed E-state index contributed by atoms with van der Waals surface area (Å²) in [5.74, 6) is 0.179. The minimum absolute atomic E-state index is 0.179. The lowest BCUT2D eigenvalue weighted by molar-refractivity contribution is -0.129. The molecule has 2 rings (SSSR count). The Hall–Kier alpha value is -1.31. The van der Waals surface area contributed by atoms with E-state index >= 15 is 0 Å². The molecule has 0 unspecified atom stereocenters. The summed E-state index contributed by atoms with van der Waals surface area (Å²) < 4.78 is 0. The van der Waals surface area contributed by atoms with Crippen LogP contribution in [0.3, 0.4) is 0 Å². The van der Waals surface area contributed by atoms with Crippen molar-refractivity contribution in [2.45, 2.75) is 52.5 Å². The summed E-state index contributed by atoms with van der Waals surface area (Å²) in [4.78, 5) is 13.3. The van der Waals surface area contributed by atoms with Gasteiger partial charge in [0.1, 0.15) is 0 Å². The first kappa shape index (κ1) is 13.1. The van der Waals surface area contributed by atoms with Crippen LogP contribution in [0.4, 0.5) is 0 Å². The Morgan fingerprint density at radius 3 is 2.67 bits per heavy atom. The highest BCUT2D eigenvalue weighted by Gasteiger charge is 2.22. The molecule has 1 aromatic rings. The fraction of sp³-hybridized carbons (Fsp3) is 0.562. The average Bonchev–Trinajstić information content (AvgIpc) is 2.37. The van der Waals surface area contributed by atoms with Crippen molar-refractivity contribution in [3.63, 3.8) is 0 Å². The summed E-state index contributed by atoms with van der Waals surface area (Å²) in [5.41, 5.74) is 4.39. The second-order valence-electron chi connectivity index (χ2n) is 5.91. The van der Waals surface area contributed by atoms with E-state index in [1.54, 1.807) is 6.92 Å². The lowest BCUT2D eigenvalue weighted by Gasteiger charge is -2.30. The van der Waals surface area contributed by atoms with Gasteiger partial charge in [0.15, 0.2) is 0 Å². The van der Waals surface area contributed by atoms with E-state index in [4.69, 9.17) is 0 Å². The van der Waals surface area contributed by atoms with Gasteiger partial charge in [-0.25, -0.2) is 0 Å². The predicted octanol–water partition coefficient (Wildman–Crippen LogP) is 3.28. The number of hydrogen-bond donors (Lipinski definition) is 0. The maximum Gasteiger partial charge on any atom is 0.219 e. The molecular formula is C16H23NO. The third kappa shape index (κ3) is 2.43. The van der Waals surface area contributed by atoms with Gasteiger partial charge in [0.05, 0.1) is 0 Å². The standard InChI is InChI=1S/C16H23NO/c1-5-16(3,4)15-7-6-14-11-17(12(2)18)9-8-13(14)10-15/h6-7,10H,5,8-9,11H2,1-4H3. The van der Waals surface area contributed by atoms with Crippen molar-refractivity contribution in [1.29, 1.82) is 0 Å². The molecular weight excluding hydrogens is 222 g/mol. The van der Waals surface area contributed by atoms with Crippen molar-refractivity contribution in [2.24, 2.45) is 0 Å². The second kappa shape index (κ2) is 4.75. The van der Waals surface area contributed by atoms with Crippen LogP contribution in [-0.4, -0.2) is 17.4 Å². The molecule has 1 amide bonds. The van der Waals surface area contributed by atoms with Crippen LogP contribution in [0, 0.1) is 0 Å². The van der Waals surface area contributed by atoms with E-state index in [-0.39, 0.29) is 11.3 Å². The van der Waals surface area contributed by atoms with Crippen LogP contribution in [0.15, 0.2) is 18.2 Å². The van der Waals surface area contributed by atoms with E-state index in [0.717, 1.165) is 25.9 Å². The molecule has 1 aromatic carbocycles. The normalized spacial score (nSPS) is 15.4. The van der Waals surface area contributed by atoms with E-state index in [0.29, 0.717) is 0 Å². The molecule has 0 bridgehead atoms. The van der Waals surface area contributed by atoms with Crippen molar-refractivity contribution in [1.82, 2.24) is 4.90 Å². The number of benzene rings is 1. The van der Waals surface area contributed by atoms with Crippen molar-refractivity contribution < 1.29 is 4.79 Å². The summed E-state index contributed by atoms with van der Waals surface area (Å²) in [5, 5.41) is 0. The Morgan fingerprint density at radius 1 is 1.33 bits per heavy atom. The topological polar surface area (TPSA) is 20.3 Å². The molecule has 2 nitrogen and oxygen atoms in total. The van der Waals surface area contributed by atoms with Crippen molar-refractivity contribution in [2.75, 3.05) is 6.54 Å². The third-order valence-corrected chi connectivity index (χ3v) is 4.33. The summed E-state index contributed by atoms with van der Waals surface area (Å²) in [6.45, 7) is 10.1. The molecule has 0 saturated carbocycles. The Labute approximate surface area is 110 Å². The molecule has 0 atom stereocenters. The number of fused-ring (bicyclic) bond motifs is 1. The minimum atomic E-state index is 0.179. The molecule has 1 aliphatic heterocycles. The molecule has 0 N–H and O–H groups in total. The largest absolute Gasteiger partial charge is 0.338 e. The zero-order chi connectivity index (χ0) is 13.3. The Kier molecular flexibility index (Phi) is 3.47. The third-order valence-electron chi connectivity index (χ3n) is 4.33. The van der Waals surface area contributed by atoms with Crippen LogP contribution in [0.1, 0.15) is 50.8 Å². The summed E-state index contributed by atoms with van der Waals surface area (Å²) >= 11 is 0. The van der Waals surface area contributed by atoms with Crippen LogP contribution in [0.2, 0.25) is 0 Å². The molecule has 0 fully saturated rings. The van der Waals surface area contributed by atoms with Crippen LogP contribution < -0.4 is 0 Å². The van der Waals surface area contributed by atoms with Gasteiger partial charge in [-0.15, -0.1) is 0 Å². The zero-order valence-corrected chi connectivity index (χ0v) is 11.9. The van der Waals surface area contributed by atoms with E-state index in [1.807, 2.05) is 4.90 Å². The van der Waals surface area contributed by atoms with E-state index in [2.05, 4.69) is 39.0 Å². The number of carbonyl (C=O) groups is 1. The maximum atomic E-state index is 11.4. The Balaban J connectivity index is 2.28. The molecule has 0 aliphatic carbocycles. The molecule has 0 radical (unpaired) electrons. The van der Waals surface area contributed by atoms with Crippen LogP contribution in [0.5, 0.6) is 0 Å². The molecule has 1 aliphatic rings. The number of amides is 1. The average molecular weight is 245 g/mol. The molecule has 2 heteroatoms. The predicted molar refractivity (Wildman–Crippen MR) is 74.6 cm³/mol. The van der Waals surface area contributed by atoms with E-state index in [1.165, 1.54) is 16.7 Å². The van der Waals surface area contributed by atoms with Crippen LogP contribution >= 0.6 is 0 Å². The lowest BCUT2D eigenvalue weighted by Crippen LogP contribution is -2.34. The molecule has 1 heterocycles. The first-order valence-corrected chi connectivity index (χ1v) is 6.82. The number of hydrogen-bond acceptors (Lipinski definition) is 1. The molecule has 0 saturated heterocycles. The smallest absolute Gasteiger partial charge is 0.219 e. The fourth-order valence-corrected chi connectivity index (χ4v) is 2.45. The highest BCUT2D eigenvalue weighted by Crippen LogP contribution is 2.30. The fourth-order valence-electron chi connectivity index (χ4n) is 2.45. The number of nitrogens with zero attached hydrogens (tertiary/aromatic N) is 1. The van der Waals surface area contributed by atoms with Gasteiger partial charge in [-0.05, 0) is 34.9 Å². The first-order valence-electron chi connectivity index (χ1n) is 6.82.